The van der Waals surface area contributed by atoms with Crippen LogP contribution in [0.4, 0.5) is 5.69 Å². The molecule has 2 N–H and O–H groups in total. The van der Waals surface area contributed by atoms with E-state index >= 15 is 0 Å². The molecular weight excluding hydrogens is 416 g/mol. The molecule has 0 heterocycles. The van der Waals surface area contributed by atoms with E-state index in [1.807, 2.05) is 31.2 Å². The quantitative estimate of drug-likeness (QED) is 0.552. The predicted molar refractivity (Wildman–Crippen MR) is 119 cm³/mol. The molecule has 3 aromatic carbocycles. The number of benzene rings is 3. The standard InChI is InChI=1S/C23H24N2O5S/c1-16(17-7-9-20(29-2)10-8-17)24-23(26)18-5-4-6-19(15-18)25-31(27,28)22-13-11-21(30-3)12-14-22/h4-16,25H,1-3H3,(H,24,26)/t16-/m1/s1. The normalized spacial score (nSPS) is 12.0. The van der Waals surface area contributed by atoms with Gasteiger partial charge in [-0.15, -0.1) is 0 Å². The molecule has 3 rings (SSSR count). The van der Waals surface area contributed by atoms with Crippen LogP contribution in [-0.4, -0.2) is 28.5 Å². The third-order valence-electron chi connectivity index (χ3n) is 4.71. The van der Waals surface area contributed by atoms with E-state index < -0.39 is 10.0 Å². The largest absolute Gasteiger partial charge is 0.497 e. The van der Waals surface area contributed by atoms with E-state index in [4.69, 9.17) is 9.47 Å². The van der Waals surface area contributed by atoms with Crippen molar-refractivity contribution in [1.82, 2.24) is 5.32 Å². The van der Waals surface area contributed by atoms with E-state index in [1.54, 1.807) is 37.4 Å². The number of hydrogen-bond acceptors (Lipinski definition) is 5. The third-order valence-corrected chi connectivity index (χ3v) is 6.11. The van der Waals surface area contributed by atoms with Crippen LogP contribution in [0.15, 0.2) is 77.7 Å². The van der Waals surface area contributed by atoms with Crippen molar-refractivity contribution >= 4 is 21.6 Å². The zero-order chi connectivity index (χ0) is 22.4. The summed E-state index contributed by atoms with van der Waals surface area (Å²) in [4.78, 5) is 12.8. The van der Waals surface area contributed by atoms with Crippen LogP contribution < -0.4 is 19.5 Å². The van der Waals surface area contributed by atoms with Crippen molar-refractivity contribution in [2.24, 2.45) is 0 Å². The second kappa shape index (κ2) is 9.53. The first-order chi connectivity index (χ1) is 14.8. The van der Waals surface area contributed by atoms with Gasteiger partial charge in [-0.05, 0) is 67.1 Å². The Bertz CT molecular complexity index is 1140. The molecule has 8 heteroatoms. The molecule has 0 radical (unpaired) electrons. The molecule has 0 spiro atoms. The van der Waals surface area contributed by atoms with E-state index in [1.165, 1.54) is 25.3 Å². The van der Waals surface area contributed by atoms with Crippen LogP contribution in [0, 0.1) is 0 Å². The molecule has 0 aromatic heterocycles. The fourth-order valence-corrected chi connectivity index (χ4v) is 4.00. The van der Waals surface area contributed by atoms with E-state index in [9.17, 15) is 13.2 Å². The molecule has 31 heavy (non-hydrogen) atoms. The molecule has 1 atom stereocenters. The smallest absolute Gasteiger partial charge is 0.261 e. The topological polar surface area (TPSA) is 93.7 Å². The molecule has 0 aliphatic heterocycles. The number of anilines is 1. The summed E-state index contributed by atoms with van der Waals surface area (Å²) >= 11 is 0. The molecule has 0 aliphatic rings. The number of carbonyl (C=O) groups excluding carboxylic acids is 1. The van der Waals surface area contributed by atoms with Crippen LogP contribution in [0.25, 0.3) is 0 Å². The lowest BCUT2D eigenvalue weighted by atomic mass is 10.1. The molecule has 3 aromatic rings. The second-order valence-electron chi connectivity index (χ2n) is 6.83. The maximum Gasteiger partial charge on any atom is 0.261 e. The Hall–Kier alpha value is -3.52. The molecule has 0 unspecified atom stereocenters. The molecule has 0 aliphatic carbocycles. The Morgan fingerprint density at radius 3 is 2.03 bits per heavy atom. The minimum absolute atomic E-state index is 0.0938. The Labute approximate surface area is 182 Å². The van der Waals surface area contributed by atoms with Gasteiger partial charge in [0.15, 0.2) is 0 Å². The van der Waals surface area contributed by atoms with E-state index in [-0.39, 0.29) is 16.8 Å². The number of rotatable bonds is 8. The maximum absolute atomic E-state index is 12.7. The molecule has 1 amide bonds. The van der Waals surface area contributed by atoms with Crippen LogP contribution >= 0.6 is 0 Å². The van der Waals surface area contributed by atoms with Crippen molar-refractivity contribution in [2.45, 2.75) is 17.9 Å². The second-order valence-corrected chi connectivity index (χ2v) is 8.51. The van der Waals surface area contributed by atoms with Gasteiger partial charge < -0.3 is 14.8 Å². The highest BCUT2D eigenvalue weighted by Crippen LogP contribution is 2.21. The Morgan fingerprint density at radius 2 is 1.45 bits per heavy atom. The minimum Gasteiger partial charge on any atom is -0.497 e. The lowest BCUT2D eigenvalue weighted by molar-refractivity contribution is 0.0940. The summed E-state index contributed by atoms with van der Waals surface area (Å²) in [7, 11) is -0.701. The Kier molecular flexibility index (Phi) is 6.81. The lowest BCUT2D eigenvalue weighted by Crippen LogP contribution is -2.26. The number of ether oxygens (including phenoxy) is 2. The van der Waals surface area contributed by atoms with Crippen LogP contribution in [0.3, 0.4) is 0 Å². The van der Waals surface area contributed by atoms with Crippen molar-refractivity contribution < 1.29 is 22.7 Å². The summed E-state index contributed by atoms with van der Waals surface area (Å²) in [5.74, 6) is 0.983. The summed E-state index contributed by atoms with van der Waals surface area (Å²) < 4.78 is 38.0. The number of amides is 1. The predicted octanol–water partition coefficient (Wildman–Crippen LogP) is 4.00. The van der Waals surface area contributed by atoms with Gasteiger partial charge >= 0.3 is 0 Å². The van der Waals surface area contributed by atoms with Crippen molar-refractivity contribution in [3.63, 3.8) is 0 Å². The van der Waals surface area contributed by atoms with Gasteiger partial charge in [0.2, 0.25) is 0 Å². The average Bonchev–Trinajstić information content (AvgIpc) is 2.79. The highest BCUT2D eigenvalue weighted by molar-refractivity contribution is 7.92. The highest BCUT2D eigenvalue weighted by atomic mass is 32.2. The van der Waals surface area contributed by atoms with Crippen LogP contribution in [0.1, 0.15) is 28.9 Å². The zero-order valence-electron chi connectivity index (χ0n) is 17.5. The highest BCUT2D eigenvalue weighted by Gasteiger charge is 2.16. The van der Waals surface area contributed by atoms with Gasteiger partial charge in [-0.3, -0.25) is 9.52 Å². The summed E-state index contributed by atoms with van der Waals surface area (Å²) in [6.07, 6.45) is 0. The summed E-state index contributed by atoms with van der Waals surface area (Å²) in [6, 6.07) is 19.5. The van der Waals surface area contributed by atoms with E-state index in [2.05, 4.69) is 10.0 Å². The maximum atomic E-state index is 12.7. The van der Waals surface area contributed by atoms with Gasteiger partial charge in [0.1, 0.15) is 11.5 Å². The minimum atomic E-state index is -3.80. The average molecular weight is 441 g/mol. The van der Waals surface area contributed by atoms with Gasteiger partial charge in [0, 0.05) is 11.3 Å². The van der Waals surface area contributed by atoms with Gasteiger partial charge in [-0.2, -0.15) is 0 Å². The van der Waals surface area contributed by atoms with Gasteiger partial charge in [-0.25, -0.2) is 8.42 Å². The van der Waals surface area contributed by atoms with Crippen LogP contribution in [0.2, 0.25) is 0 Å². The number of methoxy groups -OCH3 is 2. The molecular formula is C23H24N2O5S. The fraction of sp³-hybridized carbons (Fsp3) is 0.174. The summed E-state index contributed by atoms with van der Waals surface area (Å²) in [6.45, 7) is 1.87. The number of carbonyl (C=O) groups is 1. The number of hydrogen-bond donors (Lipinski definition) is 2. The molecule has 7 nitrogen and oxygen atoms in total. The Morgan fingerprint density at radius 1 is 0.871 bits per heavy atom. The first kappa shape index (κ1) is 22.2. The van der Waals surface area contributed by atoms with Crippen molar-refractivity contribution in [3.05, 3.63) is 83.9 Å². The molecule has 162 valence electrons. The number of sulfonamides is 1. The molecule has 0 saturated heterocycles. The van der Waals surface area contributed by atoms with Gasteiger partial charge in [0.05, 0.1) is 25.2 Å². The van der Waals surface area contributed by atoms with E-state index in [0.717, 1.165) is 11.3 Å². The SMILES string of the molecule is COc1ccc([C@@H](C)NC(=O)c2cccc(NS(=O)(=O)c3ccc(OC)cc3)c2)cc1. The Balaban J connectivity index is 1.71. The van der Waals surface area contributed by atoms with Crippen molar-refractivity contribution in [3.8, 4) is 11.5 Å². The zero-order valence-corrected chi connectivity index (χ0v) is 18.3. The fourth-order valence-electron chi connectivity index (χ4n) is 2.95. The van der Waals surface area contributed by atoms with Crippen molar-refractivity contribution in [2.75, 3.05) is 18.9 Å². The summed E-state index contributed by atoms with van der Waals surface area (Å²) in [5.41, 5.74) is 1.56. The molecule has 0 fully saturated rings. The monoisotopic (exact) mass is 440 g/mol. The summed E-state index contributed by atoms with van der Waals surface area (Å²) in [5, 5.41) is 2.91. The van der Waals surface area contributed by atoms with Crippen molar-refractivity contribution in [1.29, 1.82) is 0 Å². The van der Waals surface area contributed by atoms with Crippen LogP contribution in [0.5, 0.6) is 11.5 Å². The van der Waals surface area contributed by atoms with Gasteiger partial charge in [0.25, 0.3) is 15.9 Å². The molecule has 0 saturated carbocycles. The first-order valence-corrected chi connectivity index (χ1v) is 11.0. The number of nitrogens with one attached hydrogen (secondary N) is 2. The lowest BCUT2D eigenvalue weighted by Gasteiger charge is -2.15. The first-order valence-electron chi connectivity index (χ1n) is 9.54. The van der Waals surface area contributed by atoms with E-state index in [0.29, 0.717) is 17.0 Å². The van der Waals surface area contributed by atoms with Crippen LogP contribution in [-0.2, 0) is 10.0 Å². The molecule has 0 bridgehead atoms. The van der Waals surface area contributed by atoms with Gasteiger partial charge in [-0.1, -0.05) is 18.2 Å². The third kappa shape index (κ3) is 5.55.